The molecule has 8 heteroatoms. The number of benzene rings is 1. The van der Waals surface area contributed by atoms with Crippen molar-refractivity contribution in [2.45, 2.75) is 63.1 Å². The summed E-state index contributed by atoms with van der Waals surface area (Å²) in [6, 6.07) is 2.42. The number of halogens is 3. The van der Waals surface area contributed by atoms with Crippen LogP contribution < -0.4 is 10.6 Å². The van der Waals surface area contributed by atoms with Gasteiger partial charge in [-0.15, -0.1) is 12.4 Å². The summed E-state index contributed by atoms with van der Waals surface area (Å²) in [5.41, 5.74) is -0.162. The second kappa shape index (κ2) is 9.39. The standard InChI is InChI=1S/C21H27F2N3O2.ClH/c22-14-7-8-16(17(23)11-14)21(28)26-18-6-2-1-4-13(18)10-19(26)20(27)25-15-5-3-9-24-12-15;/h7-8,11,13,15,18-19,24H,1-6,9-10,12H2,(H,25,27);1H. The van der Waals surface area contributed by atoms with Gasteiger partial charge in [-0.1, -0.05) is 12.8 Å². The van der Waals surface area contributed by atoms with E-state index in [1.165, 1.54) is 6.07 Å². The van der Waals surface area contributed by atoms with Gasteiger partial charge in [0.25, 0.3) is 5.91 Å². The monoisotopic (exact) mass is 427 g/mol. The van der Waals surface area contributed by atoms with Crippen LogP contribution in [0.1, 0.15) is 55.3 Å². The summed E-state index contributed by atoms with van der Waals surface area (Å²) in [6.45, 7) is 1.68. The third-order valence-electron chi connectivity index (χ3n) is 6.43. The van der Waals surface area contributed by atoms with Gasteiger partial charge >= 0.3 is 0 Å². The summed E-state index contributed by atoms with van der Waals surface area (Å²) in [7, 11) is 0. The highest BCUT2D eigenvalue weighted by atomic mass is 35.5. The molecule has 1 aromatic carbocycles. The van der Waals surface area contributed by atoms with Crippen molar-refractivity contribution in [3.05, 3.63) is 35.4 Å². The number of nitrogens with zero attached hydrogens (tertiary/aromatic N) is 1. The van der Waals surface area contributed by atoms with Gasteiger partial charge in [0.2, 0.25) is 5.91 Å². The topological polar surface area (TPSA) is 61.4 Å². The molecule has 1 aromatic rings. The Morgan fingerprint density at radius 3 is 2.62 bits per heavy atom. The summed E-state index contributed by atoms with van der Waals surface area (Å²) < 4.78 is 27.6. The molecule has 5 nitrogen and oxygen atoms in total. The molecule has 2 heterocycles. The Labute approximate surface area is 176 Å². The molecule has 1 aliphatic carbocycles. The predicted molar refractivity (Wildman–Crippen MR) is 108 cm³/mol. The van der Waals surface area contributed by atoms with Crippen molar-refractivity contribution in [1.29, 1.82) is 0 Å². The molecule has 4 rings (SSSR count). The van der Waals surface area contributed by atoms with Crippen molar-refractivity contribution in [1.82, 2.24) is 15.5 Å². The lowest BCUT2D eigenvalue weighted by molar-refractivity contribution is -0.126. The van der Waals surface area contributed by atoms with Gasteiger partial charge in [0.15, 0.2) is 0 Å². The van der Waals surface area contributed by atoms with E-state index in [1.807, 2.05) is 0 Å². The molecule has 3 aliphatic rings. The van der Waals surface area contributed by atoms with E-state index in [0.29, 0.717) is 6.42 Å². The number of hydrogen-bond acceptors (Lipinski definition) is 3. The Morgan fingerprint density at radius 1 is 1.10 bits per heavy atom. The molecule has 1 saturated carbocycles. The number of amides is 2. The van der Waals surface area contributed by atoms with E-state index < -0.39 is 23.6 Å². The quantitative estimate of drug-likeness (QED) is 0.779. The SMILES string of the molecule is Cl.O=C(NC1CCCNC1)C1CC2CCCCC2N1C(=O)c1ccc(F)cc1F. The summed E-state index contributed by atoms with van der Waals surface area (Å²) in [5, 5.41) is 6.35. The Bertz CT molecular complexity index is 757. The predicted octanol–water partition coefficient (Wildman–Crippen LogP) is 3.03. The Morgan fingerprint density at radius 2 is 1.90 bits per heavy atom. The molecule has 3 fully saturated rings. The van der Waals surface area contributed by atoms with Crippen molar-refractivity contribution >= 4 is 24.2 Å². The molecular formula is C21H28ClF2N3O2. The summed E-state index contributed by atoms with van der Waals surface area (Å²) >= 11 is 0. The molecule has 2 N–H and O–H groups in total. The third kappa shape index (κ3) is 4.56. The van der Waals surface area contributed by atoms with E-state index in [0.717, 1.165) is 63.7 Å². The highest BCUT2D eigenvalue weighted by Crippen LogP contribution is 2.40. The maximum atomic E-state index is 14.3. The van der Waals surface area contributed by atoms with Crippen molar-refractivity contribution in [3.63, 3.8) is 0 Å². The van der Waals surface area contributed by atoms with E-state index in [2.05, 4.69) is 10.6 Å². The van der Waals surface area contributed by atoms with Gasteiger partial charge in [-0.05, 0) is 56.7 Å². The van der Waals surface area contributed by atoms with Crippen molar-refractivity contribution < 1.29 is 18.4 Å². The van der Waals surface area contributed by atoms with Gasteiger partial charge in [0, 0.05) is 24.7 Å². The van der Waals surface area contributed by atoms with E-state index in [9.17, 15) is 18.4 Å². The second-order valence-electron chi connectivity index (χ2n) is 8.25. The van der Waals surface area contributed by atoms with Crippen LogP contribution in [0.5, 0.6) is 0 Å². The molecule has 29 heavy (non-hydrogen) atoms. The van der Waals surface area contributed by atoms with Gasteiger partial charge < -0.3 is 15.5 Å². The highest BCUT2D eigenvalue weighted by molar-refractivity contribution is 5.98. The molecule has 0 spiro atoms. The fraction of sp³-hybridized carbons (Fsp3) is 0.619. The first-order valence-electron chi connectivity index (χ1n) is 10.3. The van der Waals surface area contributed by atoms with Crippen LogP contribution in [0.3, 0.4) is 0 Å². The molecule has 2 saturated heterocycles. The minimum absolute atomic E-state index is 0. The summed E-state index contributed by atoms with van der Waals surface area (Å²) in [5.74, 6) is -1.99. The average Bonchev–Trinajstić information content (AvgIpc) is 3.08. The first-order valence-corrected chi connectivity index (χ1v) is 10.3. The average molecular weight is 428 g/mol. The zero-order chi connectivity index (χ0) is 19.7. The maximum absolute atomic E-state index is 14.3. The van der Waals surface area contributed by atoms with Crippen molar-refractivity contribution in [2.75, 3.05) is 13.1 Å². The zero-order valence-electron chi connectivity index (χ0n) is 16.3. The fourth-order valence-corrected chi connectivity index (χ4v) is 5.06. The number of nitrogens with one attached hydrogen (secondary N) is 2. The molecule has 0 aromatic heterocycles. The minimum atomic E-state index is -0.875. The fourth-order valence-electron chi connectivity index (χ4n) is 5.06. The van der Waals surface area contributed by atoms with Crippen LogP contribution in [0.4, 0.5) is 8.78 Å². The molecule has 0 bridgehead atoms. The van der Waals surface area contributed by atoms with E-state index >= 15 is 0 Å². The van der Waals surface area contributed by atoms with Crippen molar-refractivity contribution in [2.24, 2.45) is 5.92 Å². The largest absolute Gasteiger partial charge is 0.350 e. The van der Waals surface area contributed by atoms with Crippen LogP contribution >= 0.6 is 12.4 Å². The van der Waals surface area contributed by atoms with Crippen LogP contribution in [0, 0.1) is 17.6 Å². The van der Waals surface area contributed by atoms with E-state index in [1.54, 1.807) is 4.90 Å². The van der Waals surface area contributed by atoms with Gasteiger partial charge in [-0.25, -0.2) is 8.78 Å². The highest BCUT2D eigenvalue weighted by Gasteiger charge is 2.48. The normalized spacial score (nSPS) is 29.0. The zero-order valence-corrected chi connectivity index (χ0v) is 17.1. The van der Waals surface area contributed by atoms with Crippen LogP contribution in [0.2, 0.25) is 0 Å². The molecule has 4 atom stereocenters. The lowest BCUT2D eigenvalue weighted by atomic mass is 9.84. The number of piperidine rings is 1. The number of hydrogen-bond donors (Lipinski definition) is 2. The molecule has 2 amide bonds. The van der Waals surface area contributed by atoms with E-state index in [-0.39, 0.29) is 41.9 Å². The van der Waals surface area contributed by atoms with E-state index in [4.69, 9.17) is 0 Å². The minimum Gasteiger partial charge on any atom is -0.350 e. The Kier molecular flexibility index (Phi) is 7.11. The molecular weight excluding hydrogens is 400 g/mol. The second-order valence-corrected chi connectivity index (χ2v) is 8.25. The van der Waals surface area contributed by atoms with Crippen molar-refractivity contribution in [3.8, 4) is 0 Å². The van der Waals surface area contributed by atoms with Gasteiger partial charge in [0.05, 0.1) is 5.56 Å². The number of rotatable bonds is 3. The molecule has 4 unspecified atom stereocenters. The summed E-state index contributed by atoms with van der Waals surface area (Å²) in [6.07, 6.45) is 6.43. The van der Waals surface area contributed by atoms with Crippen LogP contribution in [0.15, 0.2) is 18.2 Å². The maximum Gasteiger partial charge on any atom is 0.257 e. The van der Waals surface area contributed by atoms with Gasteiger partial charge in [0.1, 0.15) is 17.7 Å². The Hall–Kier alpha value is -1.73. The van der Waals surface area contributed by atoms with Crippen LogP contribution in [-0.4, -0.2) is 47.9 Å². The number of fused-ring (bicyclic) bond motifs is 1. The first-order chi connectivity index (χ1) is 13.5. The van der Waals surface area contributed by atoms with Gasteiger partial charge in [-0.2, -0.15) is 0 Å². The number of carbonyl (C=O) groups is 2. The lowest BCUT2D eigenvalue weighted by Gasteiger charge is -2.34. The number of carbonyl (C=O) groups excluding carboxylic acids is 2. The van der Waals surface area contributed by atoms with Crippen LogP contribution in [-0.2, 0) is 4.79 Å². The third-order valence-corrected chi connectivity index (χ3v) is 6.43. The molecule has 0 radical (unpaired) electrons. The first kappa shape index (κ1) is 22.0. The molecule has 2 aliphatic heterocycles. The van der Waals surface area contributed by atoms with Crippen LogP contribution in [0.25, 0.3) is 0 Å². The molecule has 160 valence electrons. The Balaban J connectivity index is 0.00000240. The summed E-state index contributed by atoms with van der Waals surface area (Å²) in [4.78, 5) is 27.9. The van der Waals surface area contributed by atoms with Gasteiger partial charge in [-0.3, -0.25) is 9.59 Å². The smallest absolute Gasteiger partial charge is 0.257 e. The lowest BCUT2D eigenvalue weighted by Crippen LogP contribution is -2.54. The number of likely N-dealkylation sites (tertiary alicyclic amines) is 1.